The van der Waals surface area contributed by atoms with Crippen molar-refractivity contribution >= 4 is 24.6 Å². The molecule has 0 N–H and O–H groups in total. The SMILES string of the molecule is CC1OC(=O)OC1C.O=C1OC(F)C(F)O1.O=C1OCC(C(F)(F)F)O1.O=C1OCC(F)O1. The van der Waals surface area contributed by atoms with E-state index in [1.54, 1.807) is 13.8 Å². The fraction of sp³-hybridized carbons (Fsp3) is 0.733. The topological polar surface area (TPSA) is 142 Å². The molecular formula is C15H16F6O12. The summed E-state index contributed by atoms with van der Waals surface area (Å²) in [5.41, 5.74) is 0. The van der Waals surface area contributed by atoms with Gasteiger partial charge in [0.25, 0.3) is 6.36 Å². The minimum Gasteiger partial charge on any atom is -0.430 e. The highest BCUT2D eigenvalue weighted by Gasteiger charge is 2.47. The summed E-state index contributed by atoms with van der Waals surface area (Å²) in [7, 11) is 0. The van der Waals surface area contributed by atoms with Crippen molar-refractivity contribution in [3.63, 3.8) is 0 Å². The first-order chi connectivity index (χ1) is 15.2. The summed E-state index contributed by atoms with van der Waals surface area (Å²) in [5, 5.41) is 0. The number of halogens is 6. The van der Waals surface area contributed by atoms with Gasteiger partial charge in [0.1, 0.15) is 18.8 Å². The second-order valence-electron chi connectivity index (χ2n) is 5.88. The molecule has 18 heteroatoms. The zero-order chi connectivity index (χ0) is 25.3. The molecule has 4 aliphatic rings. The van der Waals surface area contributed by atoms with E-state index in [2.05, 4.69) is 37.9 Å². The van der Waals surface area contributed by atoms with Crippen LogP contribution in [0.5, 0.6) is 0 Å². The van der Waals surface area contributed by atoms with Gasteiger partial charge in [0, 0.05) is 0 Å². The standard InChI is InChI=1S/C5H8O3.C4H3F3O3.C3H2F2O3.C3H3FO3/c1-3-4(2)8-5(6)7-3;5-4(6,7)2-1-9-3(8)10-2;4-1-2(5)8-3(6)7-1;4-2-1-6-3(5)7-2/h3-4H,1-2H3;2H,1H2;1-2H;2H,1H2. The van der Waals surface area contributed by atoms with Crippen molar-refractivity contribution < 1.29 is 83.4 Å². The molecule has 0 bridgehead atoms. The summed E-state index contributed by atoms with van der Waals surface area (Å²) in [6.07, 6.45) is -16.8. The normalized spacial score (nSPS) is 31.8. The third kappa shape index (κ3) is 10.2. The Morgan fingerprint density at radius 1 is 0.636 bits per heavy atom. The predicted octanol–water partition coefficient (Wildman–Crippen LogP) is 3.21. The summed E-state index contributed by atoms with van der Waals surface area (Å²) < 4.78 is 101. The molecule has 6 unspecified atom stereocenters. The quantitative estimate of drug-likeness (QED) is 0.273. The van der Waals surface area contributed by atoms with Gasteiger partial charge in [-0.3, -0.25) is 0 Å². The van der Waals surface area contributed by atoms with Gasteiger partial charge in [0.2, 0.25) is 6.10 Å². The zero-order valence-electron chi connectivity index (χ0n) is 16.5. The van der Waals surface area contributed by atoms with E-state index in [0.717, 1.165) is 0 Å². The van der Waals surface area contributed by atoms with Crippen molar-refractivity contribution in [3.05, 3.63) is 0 Å². The molecule has 4 heterocycles. The average molecular weight is 502 g/mol. The first-order valence-electron chi connectivity index (χ1n) is 8.59. The van der Waals surface area contributed by atoms with Crippen molar-refractivity contribution in [2.24, 2.45) is 0 Å². The molecule has 0 amide bonds. The average Bonchev–Trinajstić information content (AvgIpc) is 3.42. The molecule has 4 fully saturated rings. The van der Waals surface area contributed by atoms with Crippen LogP contribution in [0.4, 0.5) is 45.5 Å². The van der Waals surface area contributed by atoms with Crippen LogP contribution in [-0.4, -0.2) is 81.4 Å². The molecule has 4 saturated heterocycles. The Hall–Kier alpha value is -3.34. The number of carbonyl (C=O) groups excluding carboxylic acids is 4. The molecule has 4 aliphatic heterocycles. The Balaban J connectivity index is 0.000000222. The summed E-state index contributed by atoms with van der Waals surface area (Å²) in [6, 6.07) is 0. The van der Waals surface area contributed by atoms with Gasteiger partial charge in [0.05, 0.1) is 0 Å². The summed E-state index contributed by atoms with van der Waals surface area (Å²) in [6.45, 7) is 2.60. The first-order valence-corrected chi connectivity index (χ1v) is 8.59. The largest absolute Gasteiger partial charge is 0.513 e. The number of hydrogen-bond donors (Lipinski definition) is 0. The first kappa shape index (κ1) is 27.7. The van der Waals surface area contributed by atoms with Crippen LogP contribution in [0.25, 0.3) is 0 Å². The van der Waals surface area contributed by atoms with E-state index in [1.807, 2.05) is 0 Å². The second kappa shape index (κ2) is 12.0. The van der Waals surface area contributed by atoms with Crippen LogP contribution < -0.4 is 0 Å². The Bertz CT molecular complexity index is 651. The second-order valence-corrected chi connectivity index (χ2v) is 5.88. The van der Waals surface area contributed by atoms with Crippen LogP contribution in [0.2, 0.25) is 0 Å². The molecule has 6 atom stereocenters. The number of alkyl halides is 6. The minimum atomic E-state index is -4.51. The van der Waals surface area contributed by atoms with Gasteiger partial charge in [-0.25, -0.2) is 19.2 Å². The molecule has 4 rings (SSSR count). The highest BCUT2D eigenvalue weighted by atomic mass is 19.4. The van der Waals surface area contributed by atoms with Crippen LogP contribution in [0, 0.1) is 0 Å². The summed E-state index contributed by atoms with van der Waals surface area (Å²) in [5.74, 6) is 0. The van der Waals surface area contributed by atoms with E-state index < -0.39 is 62.6 Å². The fourth-order valence-electron chi connectivity index (χ4n) is 1.64. The van der Waals surface area contributed by atoms with Gasteiger partial charge in [-0.2, -0.15) is 26.3 Å². The highest BCUT2D eigenvalue weighted by Crippen LogP contribution is 2.26. The third-order valence-electron chi connectivity index (χ3n) is 3.36. The lowest BCUT2D eigenvalue weighted by Crippen LogP contribution is -2.30. The molecule has 190 valence electrons. The summed E-state index contributed by atoms with van der Waals surface area (Å²) >= 11 is 0. The molecule has 0 aromatic rings. The molecule has 0 spiro atoms. The monoisotopic (exact) mass is 502 g/mol. The van der Waals surface area contributed by atoms with Gasteiger partial charge in [-0.05, 0) is 13.8 Å². The lowest BCUT2D eigenvalue weighted by atomic mass is 10.3. The Kier molecular flexibility index (Phi) is 10.1. The molecule has 0 radical (unpaired) electrons. The maximum absolute atomic E-state index is 11.6. The number of carbonyl (C=O) groups is 4. The number of cyclic esters (lactones) is 8. The molecule has 0 aromatic heterocycles. The van der Waals surface area contributed by atoms with Gasteiger partial charge in [-0.1, -0.05) is 0 Å². The zero-order valence-corrected chi connectivity index (χ0v) is 16.5. The Labute approximate surface area is 179 Å². The fourth-order valence-corrected chi connectivity index (χ4v) is 1.64. The smallest absolute Gasteiger partial charge is 0.430 e. The highest BCUT2D eigenvalue weighted by molar-refractivity contribution is 5.63. The van der Waals surface area contributed by atoms with Gasteiger partial charge in [-0.15, -0.1) is 0 Å². The van der Waals surface area contributed by atoms with Crippen LogP contribution in [0.3, 0.4) is 0 Å². The third-order valence-corrected chi connectivity index (χ3v) is 3.36. The molecule has 12 nitrogen and oxygen atoms in total. The Morgan fingerprint density at radius 3 is 1.21 bits per heavy atom. The molecule has 0 saturated carbocycles. The van der Waals surface area contributed by atoms with E-state index in [9.17, 15) is 45.5 Å². The Morgan fingerprint density at radius 2 is 1.06 bits per heavy atom. The maximum Gasteiger partial charge on any atom is 0.513 e. The lowest BCUT2D eigenvalue weighted by Gasteiger charge is -2.09. The molecular weight excluding hydrogens is 486 g/mol. The molecule has 0 aromatic carbocycles. The van der Waals surface area contributed by atoms with Crippen LogP contribution in [-0.2, 0) is 37.9 Å². The lowest BCUT2D eigenvalue weighted by molar-refractivity contribution is -0.193. The van der Waals surface area contributed by atoms with Crippen molar-refractivity contribution in [2.75, 3.05) is 13.2 Å². The summed E-state index contributed by atoms with van der Waals surface area (Å²) in [4.78, 5) is 39.7. The van der Waals surface area contributed by atoms with Crippen molar-refractivity contribution in [2.45, 2.75) is 57.4 Å². The van der Waals surface area contributed by atoms with E-state index in [-0.39, 0.29) is 18.8 Å². The molecule has 33 heavy (non-hydrogen) atoms. The molecule has 0 aliphatic carbocycles. The maximum atomic E-state index is 11.6. The van der Waals surface area contributed by atoms with Crippen molar-refractivity contribution in [1.29, 1.82) is 0 Å². The van der Waals surface area contributed by atoms with E-state index in [4.69, 9.17) is 0 Å². The van der Waals surface area contributed by atoms with E-state index >= 15 is 0 Å². The number of rotatable bonds is 0. The van der Waals surface area contributed by atoms with Crippen molar-refractivity contribution in [3.8, 4) is 0 Å². The van der Waals surface area contributed by atoms with Crippen LogP contribution in [0.1, 0.15) is 13.8 Å². The van der Waals surface area contributed by atoms with Gasteiger partial charge in [0.15, 0.2) is 6.61 Å². The predicted molar refractivity (Wildman–Crippen MR) is 83.5 cm³/mol. The minimum absolute atomic E-state index is 0.0810. The van der Waals surface area contributed by atoms with Gasteiger partial charge < -0.3 is 37.9 Å². The van der Waals surface area contributed by atoms with E-state index in [0.29, 0.717) is 0 Å². The van der Waals surface area contributed by atoms with Crippen molar-refractivity contribution in [1.82, 2.24) is 0 Å². The van der Waals surface area contributed by atoms with Crippen LogP contribution >= 0.6 is 0 Å². The van der Waals surface area contributed by atoms with E-state index in [1.165, 1.54) is 0 Å². The van der Waals surface area contributed by atoms with Crippen LogP contribution in [0.15, 0.2) is 0 Å². The van der Waals surface area contributed by atoms with Gasteiger partial charge >= 0.3 is 43.5 Å². The number of hydrogen-bond acceptors (Lipinski definition) is 12. The number of ether oxygens (including phenoxy) is 8.